The molecule has 0 aliphatic rings. The highest BCUT2D eigenvalue weighted by Crippen LogP contribution is 2.15. The zero-order valence-electron chi connectivity index (χ0n) is 10.7. The lowest BCUT2D eigenvalue weighted by atomic mass is 10.4. The molecule has 1 aromatic rings. The summed E-state index contributed by atoms with van der Waals surface area (Å²) in [6, 6.07) is 10.5. The van der Waals surface area contributed by atoms with Crippen LogP contribution in [0.4, 0.5) is 0 Å². The Morgan fingerprint density at radius 2 is 1.56 bits per heavy atom. The molecule has 16 heavy (non-hydrogen) atoms. The van der Waals surface area contributed by atoms with Crippen molar-refractivity contribution in [1.29, 1.82) is 0 Å². The first-order valence-corrected chi connectivity index (χ1v) is 12.6. The Morgan fingerprint density at radius 3 is 2.06 bits per heavy atom. The lowest BCUT2D eigenvalue weighted by Gasteiger charge is -2.33. The summed E-state index contributed by atoms with van der Waals surface area (Å²) in [5.74, 6) is 0. The van der Waals surface area contributed by atoms with E-state index in [1.54, 1.807) is 0 Å². The van der Waals surface area contributed by atoms with Crippen LogP contribution in [0.1, 0.15) is 0 Å². The normalized spacial score (nSPS) is 12.8. The molecule has 0 aliphatic carbocycles. The monoisotopic (exact) mass is 268 g/mol. The first-order chi connectivity index (χ1) is 7.37. The van der Waals surface area contributed by atoms with E-state index in [0.717, 1.165) is 0 Å². The molecule has 0 unspecified atom stereocenters. The Labute approximate surface area is 103 Å². The third-order valence-corrected chi connectivity index (χ3v) is 10.8. The predicted molar refractivity (Wildman–Crippen MR) is 74.8 cm³/mol. The molecule has 2 radical (unpaired) electrons. The summed E-state index contributed by atoms with van der Waals surface area (Å²) in [5.41, 5.74) is 0. The second-order valence-corrected chi connectivity index (χ2v) is 13.1. The molecule has 0 bridgehead atoms. The Hall–Kier alpha value is -0.209. The standard InChI is InChI=1S/C11H20O2Si3/c1-14-12-16(4,5)13-15(2,3)11-9-7-6-8-10-11/h6-10H,1-5H3. The van der Waals surface area contributed by atoms with Gasteiger partial charge in [0.15, 0.2) is 0 Å². The molecular formula is C11H20O2Si3. The average Bonchev–Trinajstić information content (AvgIpc) is 2.17. The Balaban J connectivity index is 2.79. The van der Waals surface area contributed by atoms with E-state index in [1.165, 1.54) is 5.19 Å². The van der Waals surface area contributed by atoms with E-state index in [4.69, 9.17) is 8.23 Å². The quantitative estimate of drug-likeness (QED) is 0.764. The third-order valence-electron chi connectivity index (χ3n) is 2.32. The summed E-state index contributed by atoms with van der Waals surface area (Å²) < 4.78 is 12.1. The third kappa shape index (κ3) is 3.99. The van der Waals surface area contributed by atoms with Gasteiger partial charge in [-0.2, -0.15) is 0 Å². The molecule has 1 aromatic carbocycles. The second-order valence-electron chi connectivity index (χ2n) is 4.68. The molecule has 0 saturated heterocycles. The van der Waals surface area contributed by atoms with Gasteiger partial charge in [0.2, 0.25) is 18.1 Å². The Kier molecular flexibility index (Phi) is 4.69. The fourth-order valence-corrected chi connectivity index (χ4v) is 10.7. The van der Waals surface area contributed by atoms with E-state index >= 15 is 0 Å². The number of hydrogen-bond donors (Lipinski definition) is 0. The number of benzene rings is 1. The Bertz CT molecular complexity index is 325. The van der Waals surface area contributed by atoms with Crippen molar-refractivity contribution >= 4 is 31.8 Å². The molecule has 0 spiro atoms. The Morgan fingerprint density at radius 1 is 1.00 bits per heavy atom. The summed E-state index contributed by atoms with van der Waals surface area (Å²) >= 11 is 0. The van der Waals surface area contributed by atoms with E-state index in [1.807, 2.05) is 6.07 Å². The maximum atomic E-state index is 6.31. The van der Waals surface area contributed by atoms with E-state index in [-0.39, 0.29) is 0 Å². The fraction of sp³-hybridized carbons (Fsp3) is 0.455. The first kappa shape index (κ1) is 13.9. The SMILES string of the molecule is C[Si]O[Si](C)(C)O[Si](C)(C)c1ccccc1. The van der Waals surface area contributed by atoms with Gasteiger partial charge in [0.05, 0.1) is 0 Å². The van der Waals surface area contributed by atoms with Gasteiger partial charge in [-0.15, -0.1) is 0 Å². The number of rotatable bonds is 5. The van der Waals surface area contributed by atoms with Crippen molar-refractivity contribution in [3.05, 3.63) is 30.3 Å². The second kappa shape index (κ2) is 5.42. The molecule has 0 aliphatic heterocycles. The van der Waals surface area contributed by atoms with Gasteiger partial charge in [0, 0.05) is 0 Å². The summed E-state index contributed by atoms with van der Waals surface area (Å²) in [4.78, 5) is 0. The summed E-state index contributed by atoms with van der Waals surface area (Å²) in [7, 11) is -3.25. The average molecular weight is 269 g/mol. The molecule has 0 heterocycles. The van der Waals surface area contributed by atoms with Gasteiger partial charge in [-0.3, -0.25) is 0 Å². The predicted octanol–water partition coefficient (Wildman–Crippen LogP) is 2.50. The van der Waals surface area contributed by atoms with Crippen molar-refractivity contribution in [2.45, 2.75) is 32.7 Å². The van der Waals surface area contributed by atoms with Gasteiger partial charge in [0.25, 0.3) is 0 Å². The fourth-order valence-electron chi connectivity index (χ4n) is 1.78. The minimum Gasteiger partial charge on any atom is -0.437 e. The van der Waals surface area contributed by atoms with Gasteiger partial charge in [-0.25, -0.2) is 0 Å². The molecule has 5 heteroatoms. The van der Waals surface area contributed by atoms with Crippen LogP contribution in [0.15, 0.2) is 30.3 Å². The van der Waals surface area contributed by atoms with Crippen LogP contribution in [0.3, 0.4) is 0 Å². The van der Waals surface area contributed by atoms with Crippen LogP contribution in [0.2, 0.25) is 32.7 Å². The van der Waals surface area contributed by atoms with Crippen LogP contribution >= 0.6 is 0 Å². The zero-order chi connectivity index (χ0) is 12.2. The molecule has 0 fully saturated rings. The van der Waals surface area contributed by atoms with E-state index in [9.17, 15) is 0 Å². The van der Waals surface area contributed by atoms with Crippen LogP contribution in [-0.2, 0) is 8.23 Å². The lowest BCUT2D eigenvalue weighted by molar-refractivity contribution is 0.415. The highest BCUT2D eigenvalue weighted by Gasteiger charge is 2.35. The molecule has 88 valence electrons. The maximum absolute atomic E-state index is 6.31. The van der Waals surface area contributed by atoms with Gasteiger partial charge < -0.3 is 8.23 Å². The topological polar surface area (TPSA) is 18.5 Å². The highest BCUT2D eigenvalue weighted by atomic mass is 28.5. The van der Waals surface area contributed by atoms with Crippen molar-refractivity contribution in [3.63, 3.8) is 0 Å². The van der Waals surface area contributed by atoms with E-state index in [2.05, 4.69) is 57.0 Å². The van der Waals surface area contributed by atoms with Crippen molar-refractivity contribution in [1.82, 2.24) is 0 Å². The van der Waals surface area contributed by atoms with Gasteiger partial charge in [-0.05, 0) is 37.9 Å². The van der Waals surface area contributed by atoms with E-state index in [0.29, 0.717) is 9.76 Å². The van der Waals surface area contributed by atoms with Crippen LogP contribution in [0.25, 0.3) is 0 Å². The van der Waals surface area contributed by atoms with Crippen molar-refractivity contribution in [2.24, 2.45) is 0 Å². The maximum Gasteiger partial charge on any atom is 0.311 e. The van der Waals surface area contributed by atoms with Crippen molar-refractivity contribution < 1.29 is 8.23 Å². The van der Waals surface area contributed by atoms with Crippen LogP contribution in [0.5, 0.6) is 0 Å². The lowest BCUT2D eigenvalue weighted by Crippen LogP contribution is -2.54. The zero-order valence-corrected chi connectivity index (χ0v) is 13.7. The highest BCUT2D eigenvalue weighted by molar-refractivity contribution is 6.91. The minimum atomic E-state index is -1.95. The first-order valence-electron chi connectivity index (χ1n) is 5.48. The largest absolute Gasteiger partial charge is 0.437 e. The molecule has 0 N–H and O–H groups in total. The molecule has 0 atom stereocenters. The van der Waals surface area contributed by atoms with Gasteiger partial charge in [0.1, 0.15) is 0 Å². The van der Waals surface area contributed by atoms with E-state index < -0.39 is 16.9 Å². The molecule has 1 rings (SSSR count). The summed E-state index contributed by atoms with van der Waals surface area (Å²) in [6.45, 7) is 10.8. The molecule has 0 aromatic heterocycles. The van der Waals surface area contributed by atoms with Crippen molar-refractivity contribution in [2.75, 3.05) is 0 Å². The molecular weight excluding hydrogens is 248 g/mol. The van der Waals surface area contributed by atoms with Gasteiger partial charge >= 0.3 is 8.56 Å². The summed E-state index contributed by atoms with van der Waals surface area (Å²) in [5, 5.41) is 1.33. The number of hydrogen-bond acceptors (Lipinski definition) is 2. The molecule has 0 amide bonds. The minimum absolute atomic E-state index is 0.512. The van der Waals surface area contributed by atoms with Crippen LogP contribution in [-0.4, -0.2) is 26.6 Å². The van der Waals surface area contributed by atoms with Crippen molar-refractivity contribution in [3.8, 4) is 0 Å². The van der Waals surface area contributed by atoms with Crippen LogP contribution in [0, 0.1) is 0 Å². The smallest absolute Gasteiger partial charge is 0.311 e. The molecule has 2 nitrogen and oxygen atoms in total. The van der Waals surface area contributed by atoms with Crippen LogP contribution < -0.4 is 5.19 Å². The van der Waals surface area contributed by atoms with Gasteiger partial charge in [-0.1, -0.05) is 30.3 Å². The molecule has 0 saturated carbocycles. The summed E-state index contributed by atoms with van der Waals surface area (Å²) in [6.07, 6.45) is 0.